The fourth-order valence-corrected chi connectivity index (χ4v) is 4.65. The molecule has 1 aliphatic carbocycles. The molecule has 1 N–H and O–H groups in total. The molecule has 0 unspecified atom stereocenters. The van der Waals surface area contributed by atoms with E-state index in [2.05, 4.69) is 24.3 Å². The first-order chi connectivity index (χ1) is 16.1. The van der Waals surface area contributed by atoms with Gasteiger partial charge >= 0.3 is 12.1 Å². The van der Waals surface area contributed by atoms with Gasteiger partial charge in [-0.3, -0.25) is 9.69 Å². The van der Waals surface area contributed by atoms with Crippen molar-refractivity contribution in [1.82, 2.24) is 9.47 Å². The van der Waals surface area contributed by atoms with Crippen LogP contribution in [0.4, 0.5) is 4.79 Å². The molecule has 166 valence electrons. The highest BCUT2D eigenvalue weighted by Gasteiger charge is 2.30. The number of carboxylic acid groups (broad SMARTS) is 1. The lowest BCUT2D eigenvalue weighted by molar-refractivity contribution is -0.138. The molecule has 0 fully saturated rings. The molecule has 1 heterocycles. The van der Waals surface area contributed by atoms with Crippen LogP contribution < -0.4 is 0 Å². The average Bonchev–Trinajstić information content (AvgIpc) is 3.39. The Balaban J connectivity index is 1.30. The summed E-state index contributed by atoms with van der Waals surface area (Å²) in [7, 11) is 0. The van der Waals surface area contributed by atoms with Crippen molar-refractivity contribution in [3.8, 4) is 11.1 Å². The first-order valence-corrected chi connectivity index (χ1v) is 11.0. The van der Waals surface area contributed by atoms with E-state index in [0.717, 1.165) is 33.2 Å². The molecule has 0 saturated heterocycles. The van der Waals surface area contributed by atoms with Gasteiger partial charge in [0.05, 0.1) is 0 Å². The van der Waals surface area contributed by atoms with Crippen molar-refractivity contribution in [2.45, 2.75) is 12.5 Å². The number of hydrogen-bond acceptors (Lipinski definition) is 3. The molecule has 0 bridgehead atoms. The summed E-state index contributed by atoms with van der Waals surface area (Å²) in [6.07, 6.45) is 1.33. The minimum Gasteiger partial charge on any atom is -0.480 e. The monoisotopic (exact) mass is 440 g/mol. The fourth-order valence-electron chi connectivity index (χ4n) is 4.65. The van der Waals surface area contributed by atoms with E-state index in [1.54, 1.807) is 0 Å². The fraction of sp³-hybridized carbons (Fsp3) is 0.185. The van der Waals surface area contributed by atoms with Gasteiger partial charge in [0, 0.05) is 30.7 Å². The van der Waals surface area contributed by atoms with Crippen LogP contribution >= 0.6 is 0 Å². The summed E-state index contributed by atoms with van der Waals surface area (Å²) in [5.41, 5.74) is 5.58. The van der Waals surface area contributed by atoms with E-state index in [9.17, 15) is 14.7 Å². The number of amides is 1. The molecule has 0 aliphatic heterocycles. The highest BCUT2D eigenvalue weighted by atomic mass is 16.6. The molecule has 6 nitrogen and oxygen atoms in total. The van der Waals surface area contributed by atoms with E-state index < -0.39 is 18.6 Å². The Labute approximate surface area is 191 Å². The Hall–Kier alpha value is -4.06. The molecule has 5 rings (SSSR count). The predicted octanol–water partition coefficient (Wildman–Crippen LogP) is 4.98. The number of rotatable bonds is 7. The van der Waals surface area contributed by atoms with E-state index in [1.165, 1.54) is 4.90 Å². The molecule has 0 saturated carbocycles. The van der Waals surface area contributed by atoms with Gasteiger partial charge in [0.2, 0.25) is 0 Å². The second-order valence-corrected chi connectivity index (χ2v) is 8.19. The number of carboxylic acids is 1. The van der Waals surface area contributed by atoms with E-state index >= 15 is 0 Å². The minimum atomic E-state index is -1.07. The summed E-state index contributed by atoms with van der Waals surface area (Å²) >= 11 is 0. The van der Waals surface area contributed by atoms with Gasteiger partial charge in [-0.25, -0.2) is 4.79 Å². The van der Waals surface area contributed by atoms with Crippen LogP contribution in [0.2, 0.25) is 0 Å². The largest absolute Gasteiger partial charge is 0.480 e. The van der Waals surface area contributed by atoms with Crippen molar-refractivity contribution in [3.63, 3.8) is 0 Å². The molecule has 1 aliphatic rings. The third-order valence-corrected chi connectivity index (χ3v) is 6.21. The smallest absolute Gasteiger partial charge is 0.410 e. The Morgan fingerprint density at radius 1 is 0.879 bits per heavy atom. The van der Waals surface area contributed by atoms with Gasteiger partial charge in [0.15, 0.2) is 0 Å². The molecular weight excluding hydrogens is 416 g/mol. The number of ether oxygens (including phenoxy) is 1. The second kappa shape index (κ2) is 8.82. The van der Waals surface area contributed by atoms with Gasteiger partial charge in [-0.05, 0) is 39.8 Å². The zero-order valence-corrected chi connectivity index (χ0v) is 18.1. The summed E-state index contributed by atoms with van der Waals surface area (Å²) in [5.74, 6) is -1.14. The number of carbonyl (C=O) groups excluding carboxylic acids is 1. The van der Waals surface area contributed by atoms with Crippen molar-refractivity contribution in [2.24, 2.45) is 0 Å². The SMILES string of the molecule is O=C(O)CN(CCn1ccc2ccccc21)C(=O)OCC1c2ccccc2-c2ccccc21. The lowest BCUT2D eigenvalue weighted by Crippen LogP contribution is -2.38. The van der Waals surface area contributed by atoms with Crippen LogP contribution in [0.15, 0.2) is 85.1 Å². The molecule has 1 aromatic heterocycles. The summed E-state index contributed by atoms with van der Waals surface area (Å²) in [6.45, 7) is 0.470. The van der Waals surface area contributed by atoms with Gasteiger partial charge in [0.25, 0.3) is 0 Å². The maximum absolute atomic E-state index is 12.9. The molecule has 3 aromatic carbocycles. The summed E-state index contributed by atoms with van der Waals surface area (Å²) < 4.78 is 7.69. The zero-order chi connectivity index (χ0) is 22.8. The number of aliphatic carboxylic acids is 1. The lowest BCUT2D eigenvalue weighted by atomic mass is 9.98. The van der Waals surface area contributed by atoms with Crippen molar-refractivity contribution in [3.05, 3.63) is 96.2 Å². The summed E-state index contributed by atoms with van der Waals surface area (Å²) in [4.78, 5) is 25.6. The number of carbonyl (C=O) groups is 2. The molecule has 4 aromatic rings. The maximum atomic E-state index is 12.9. The van der Waals surface area contributed by atoms with Crippen molar-refractivity contribution in [2.75, 3.05) is 19.7 Å². The van der Waals surface area contributed by atoms with Crippen LogP contribution in [0.25, 0.3) is 22.0 Å². The van der Waals surface area contributed by atoms with E-state index in [1.807, 2.05) is 65.4 Å². The minimum absolute atomic E-state index is 0.0681. The third kappa shape index (κ3) is 4.07. The molecule has 0 atom stereocenters. The Kier molecular flexibility index (Phi) is 5.57. The normalized spacial score (nSPS) is 12.4. The van der Waals surface area contributed by atoms with Crippen molar-refractivity contribution in [1.29, 1.82) is 0 Å². The first kappa shape index (κ1) is 20.8. The van der Waals surface area contributed by atoms with Gasteiger partial charge in [-0.15, -0.1) is 0 Å². The lowest BCUT2D eigenvalue weighted by Gasteiger charge is -2.22. The number of benzene rings is 3. The molecular formula is C27H24N2O4. The summed E-state index contributed by atoms with van der Waals surface area (Å²) in [5, 5.41) is 10.4. The topological polar surface area (TPSA) is 71.8 Å². The molecule has 6 heteroatoms. The Bertz CT molecular complexity index is 1280. The second-order valence-electron chi connectivity index (χ2n) is 8.19. The Morgan fingerprint density at radius 2 is 1.52 bits per heavy atom. The van der Waals surface area contributed by atoms with E-state index in [4.69, 9.17) is 4.74 Å². The summed E-state index contributed by atoms with van der Waals surface area (Å²) in [6, 6.07) is 26.2. The van der Waals surface area contributed by atoms with Crippen LogP contribution in [0.1, 0.15) is 17.0 Å². The van der Waals surface area contributed by atoms with Crippen LogP contribution in [-0.4, -0.2) is 46.3 Å². The molecule has 0 spiro atoms. The zero-order valence-electron chi connectivity index (χ0n) is 18.1. The van der Waals surface area contributed by atoms with Crippen molar-refractivity contribution >= 4 is 23.0 Å². The highest BCUT2D eigenvalue weighted by molar-refractivity contribution is 5.81. The average molecular weight is 440 g/mol. The third-order valence-electron chi connectivity index (χ3n) is 6.21. The molecule has 0 radical (unpaired) electrons. The number of fused-ring (bicyclic) bond motifs is 4. The molecule has 1 amide bonds. The van der Waals surface area contributed by atoms with Gasteiger partial charge < -0.3 is 14.4 Å². The standard InChI is InChI=1S/C27H24N2O4/c30-26(31)17-29(16-15-28-14-13-19-7-1-6-12-25(19)28)27(32)33-18-24-22-10-4-2-8-20(22)21-9-3-5-11-23(21)24/h1-14,24H,15-18H2,(H,30,31). The maximum Gasteiger partial charge on any atom is 0.410 e. The number of hydrogen-bond donors (Lipinski definition) is 1. The number of nitrogens with zero attached hydrogens (tertiary/aromatic N) is 2. The van der Waals surface area contributed by atoms with E-state index in [0.29, 0.717) is 6.54 Å². The molecule has 33 heavy (non-hydrogen) atoms. The highest BCUT2D eigenvalue weighted by Crippen LogP contribution is 2.44. The first-order valence-electron chi connectivity index (χ1n) is 11.0. The Morgan fingerprint density at radius 3 is 2.21 bits per heavy atom. The van der Waals surface area contributed by atoms with E-state index in [-0.39, 0.29) is 19.1 Å². The van der Waals surface area contributed by atoms with Crippen LogP contribution in [0.3, 0.4) is 0 Å². The van der Waals surface area contributed by atoms with Gasteiger partial charge in [-0.2, -0.15) is 0 Å². The van der Waals surface area contributed by atoms with Crippen LogP contribution in [-0.2, 0) is 16.1 Å². The quantitative estimate of drug-likeness (QED) is 0.440. The predicted molar refractivity (Wildman–Crippen MR) is 126 cm³/mol. The number of para-hydroxylation sites is 1. The van der Waals surface area contributed by atoms with Gasteiger partial charge in [0.1, 0.15) is 13.2 Å². The van der Waals surface area contributed by atoms with Crippen LogP contribution in [0.5, 0.6) is 0 Å². The van der Waals surface area contributed by atoms with Gasteiger partial charge in [-0.1, -0.05) is 66.7 Å². The number of aromatic nitrogens is 1. The van der Waals surface area contributed by atoms with Crippen LogP contribution in [0, 0.1) is 0 Å². The van der Waals surface area contributed by atoms with Crippen molar-refractivity contribution < 1.29 is 19.4 Å².